The molecule has 0 N–H and O–H groups in total. The second-order valence-electron chi connectivity index (χ2n) is 7.49. The topological polar surface area (TPSA) is 62.7 Å². The van der Waals surface area contributed by atoms with Crippen LogP contribution >= 0.6 is 0 Å². The number of ether oxygens (including phenoxy) is 1. The minimum atomic E-state index is 0.0677. The zero-order valence-corrected chi connectivity index (χ0v) is 15.9. The molecular formula is C20H29N3O3. The second-order valence-corrected chi connectivity index (χ2v) is 7.49. The van der Waals surface area contributed by atoms with Gasteiger partial charge in [0.25, 0.3) is 5.91 Å². The number of rotatable bonds is 5. The Bertz CT molecular complexity index is 636. The number of likely N-dealkylation sites (tertiary alicyclic amines) is 2. The van der Waals surface area contributed by atoms with Gasteiger partial charge in [0, 0.05) is 51.6 Å². The summed E-state index contributed by atoms with van der Waals surface area (Å²) < 4.78 is 5.13. The predicted molar refractivity (Wildman–Crippen MR) is 98.9 cm³/mol. The van der Waals surface area contributed by atoms with Gasteiger partial charge in [-0.05, 0) is 43.2 Å². The number of carbonyl (C=O) groups is 2. The molecule has 2 saturated heterocycles. The van der Waals surface area contributed by atoms with Crippen molar-refractivity contribution in [3.05, 3.63) is 29.6 Å². The molecule has 0 radical (unpaired) electrons. The van der Waals surface area contributed by atoms with Crippen LogP contribution in [0, 0.1) is 5.41 Å². The molecule has 0 aromatic carbocycles. The lowest BCUT2D eigenvalue weighted by Gasteiger charge is -2.47. The lowest BCUT2D eigenvalue weighted by Crippen LogP contribution is -2.52. The van der Waals surface area contributed by atoms with Crippen LogP contribution in [-0.4, -0.2) is 66.5 Å². The molecule has 6 heteroatoms. The van der Waals surface area contributed by atoms with Gasteiger partial charge in [-0.1, -0.05) is 6.92 Å². The fourth-order valence-corrected chi connectivity index (χ4v) is 4.04. The van der Waals surface area contributed by atoms with E-state index in [1.54, 1.807) is 13.3 Å². The third-order valence-electron chi connectivity index (χ3n) is 5.86. The van der Waals surface area contributed by atoms with Crippen molar-refractivity contribution in [2.24, 2.45) is 5.41 Å². The highest BCUT2D eigenvalue weighted by atomic mass is 16.5. The molecule has 2 amide bonds. The van der Waals surface area contributed by atoms with Crippen LogP contribution in [0.15, 0.2) is 18.3 Å². The van der Waals surface area contributed by atoms with Crippen LogP contribution in [-0.2, 0) is 16.0 Å². The van der Waals surface area contributed by atoms with Gasteiger partial charge >= 0.3 is 0 Å². The van der Waals surface area contributed by atoms with E-state index in [9.17, 15) is 9.59 Å². The van der Waals surface area contributed by atoms with Gasteiger partial charge in [-0.25, -0.2) is 0 Å². The van der Waals surface area contributed by atoms with E-state index in [1.165, 1.54) is 0 Å². The van der Waals surface area contributed by atoms with E-state index >= 15 is 0 Å². The van der Waals surface area contributed by atoms with Crippen molar-refractivity contribution in [2.75, 3.05) is 39.9 Å². The zero-order valence-electron chi connectivity index (χ0n) is 15.9. The number of methoxy groups -OCH3 is 1. The SMILES string of the molecule is CCc1ccc(C(=O)N2CCC3(CCC(=O)N(CCOC)C3)CC2)cn1. The van der Waals surface area contributed by atoms with Crippen molar-refractivity contribution in [2.45, 2.75) is 39.0 Å². The van der Waals surface area contributed by atoms with Gasteiger partial charge in [0.05, 0.1) is 12.2 Å². The van der Waals surface area contributed by atoms with E-state index in [1.807, 2.05) is 21.9 Å². The quantitative estimate of drug-likeness (QED) is 0.808. The molecular weight excluding hydrogens is 330 g/mol. The summed E-state index contributed by atoms with van der Waals surface area (Å²) in [6.45, 7) is 5.59. The van der Waals surface area contributed by atoms with Gasteiger partial charge in [-0.2, -0.15) is 0 Å². The number of piperidine rings is 2. The van der Waals surface area contributed by atoms with Gasteiger partial charge in [-0.15, -0.1) is 0 Å². The molecule has 2 aliphatic heterocycles. The molecule has 0 unspecified atom stereocenters. The Morgan fingerprint density at radius 2 is 2.04 bits per heavy atom. The Morgan fingerprint density at radius 1 is 1.27 bits per heavy atom. The molecule has 3 heterocycles. The van der Waals surface area contributed by atoms with Gasteiger partial charge in [-0.3, -0.25) is 14.6 Å². The number of carbonyl (C=O) groups excluding carboxylic acids is 2. The van der Waals surface area contributed by atoms with Crippen molar-refractivity contribution in [1.82, 2.24) is 14.8 Å². The zero-order chi connectivity index (χ0) is 18.6. The highest BCUT2D eigenvalue weighted by Crippen LogP contribution is 2.40. The fraction of sp³-hybridized carbons (Fsp3) is 0.650. The Hall–Kier alpha value is -1.95. The third kappa shape index (κ3) is 4.06. The summed E-state index contributed by atoms with van der Waals surface area (Å²) in [5.74, 6) is 0.298. The smallest absolute Gasteiger partial charge is 0.255 e. The molecule has 1 aromatic rings. The average Bonchev–Trinajstić information content (AvgIpc) is 2.69. The van der Waals surface area contributed by atoms with Gasteiger partial charge in [0.15, 0.2) is 0 Å². The summed E-state index contributed by atoms with van der Waals surface area (Å²) in [6, 6.07) is 3.81. The van der Waals surface area contributed by atoms with Crippen molar-refractivity contribution >= 4 is 11.8 Å². The van der Waals surface area contributed by atoms with E-state index in [2.05, 4.69) is 11.9 Å². The summed E-state index contributed by atoms with van der Waals surface area (Å²) in [4.78, 5) is 33.1. The highest BCUT2D eigenvalue weighted by molar-refractivity contribution is 5.94. The average molecular weight is 359 g/mol. The molecule has 1 spiro atoms. The molecule has 0 bridgehead atoms. The summed E-state index contributed by atoms with van der Waals surface area (Å²) in [5.41, 5.74) is 1.82. The molecule has 0 saturated carbocycles. The Balaban J connectivity index is 1.59. The number of hydrogen-bond donors (Lipinski definition) is 0. The van der Waals surface area contributed by atoms with E-state index in [0.717, 1.165) is 51.0 Å². The largest absolute Gasteiger partial charge is 0.383 e. The van der Waals surface area contributed by atoms with Crippen LogP contribution in [0.2, 0.25) is 0 Å². The first-order valence-corrected chi connectivity index (χ1v) is 9.58. The molecule has 2 fully saturated rings. The van der Waals surface area contributed by atoms with Crippen molar-refractivity contribution in [1.29, 1.82) is 0 Å². The molecule has 142 valence electrons. The molecule has 2 aliphatic rings. The summed E-state index contributed by atoms with van der Waals surface area (Å²) in [6.07, 6.45) is 6.02. The summed E-state index contributed by atoms with van der Waals surface area (Å²) in [5, 5.41) is 0. The Kier molecular flexibility index (Phi) is 5.91. The number of amides is 2. The molecule has 0 aliphatic carbocycles. The first-order valence-electron chi connectivity index (χ1n) is 9.58. The first kappa shape index (κ1) is 18.8. The van der Waals surface area contributed by atoms with Crippen LogP contribution < -0.4 is 0 Å². The van der Waals surface area contributed by atoms with Gasteiger partial charge < -0.3 is 14.5 Å². The number of aromatic nitrogens is 1. The highest BCUT2D eigenvalue weighted by Gasteiger charge is 2.41. The Morgan fingerprint density at radius 3 is 2.65 bits per heavy atom. The number of aryl methyl sites for hydroxylation is 1. The molecule has 26 heavy (non-hydrogen) atoms. The van der Waals surface area contributed by atoms with Crippen LogP contribution in [0.4, 0.5) is 0 Å². The lowest BCUT2D eigenvalue weighted by molar-refractivity contribution is -0.139. The minimum Gasteiger partial charge on any atom is -0.383 e. The predicted octanol–water partition coefficient (Wildman–Crippen LogP) is 2.14. The maximum Gasteiger partial charge on any atom is 0.255 e. The molecule has 1 aromatic heterocycles. The second kappa shape index (κ2) is 8.16. The molecule has 6 nitrogen and oxygen atoms in total. The number of hydrogen-bond acceptors (Lipinski definition) is 4. The first-order chi connectivity index (χ1) is 12.6. The molecule has 3 rings (SSSR count). The maximum atomic E-state index is 12.7. The third-order valence-corrected chi connectivity index (χ3v) is 5.86. The van der Waals surface area contributed by atoms with E-state index in [0.29, 0.717) is 25.1 Å². The normalized spacial score (nSPS) is 19.8. The van der Waals surface area contributed by atoms with Crippen LogP contribution in [0.25, 0.3) is 0 Å². The minimum absolute atomic E-state index is 0.0677. The van der Waals surface area contributed by atoms with E-state index in [4.69, 9.17) is 4.74 Å². The maximum absolute atomic E-state index is 12.7. The van der Waals surface area contributed by atoms with E-state index < -0.39 is 0 Å². The van der Waals surface area contributed by atoms with Crippen molar-refractivity contribution in [3.8, 4) is 0 Å². The van der Waals surface area contributed by atoms with Crippen LogP contribution in [0.1, 0.15) is 48.7 Å². The van der Waals surface area contributed by atoms with Crippen molar-refractivity contribution < 1.29 is 14.3 Å². The van der Waals surface area contributed by atoms with Crippen LogP contribution in [0.3, 0.4) is 0 Å². The van der Waals surface area contributed by atoms with Crippen molar-refractivity contribution in [3.63, 3.8) is 0 Å². The Labute approximate surface area is 155 Å². The number of pyridine rings is 1. The lowest BCUT2D eigenvalue weighted by atomic mass is 9.72. The summed E-state index contributed by atoms with van der Waals surface area (Å²) >= 11 is 0. The number of nitrogens with zero attached hydrogens (tertiary/aromatic N) is 3. The summed E-state index contributed by atoms with van der Waals surface area (Å²) in [7, 11) is 1.66. The van der Waals surface area contributed by atoms with Gasteiger partial charge in [0.1, 0.15) is 0 Å². The fourth-order valence-electron chi connectivity index (χ4n) is 4.04. The monoisotopic (exact) mass is 359 g/mol. The molecule has 0 atom stereocenters. The van der Waals surface area contributed by atoms with Crippen LogP contribution in [0.5, 0.6) is 0 Å². The van der Waals surface area contributed by atoms with E-state index in [-0.39, 0.29) is 17.2 Å². The van der Waals surface area contributed by atoms with Gasteiger partial charge in [0.2, 0.25) is 5.91 Å². The standard InChI is InChI=1S/C20H29N3O3/c1-3-17-5-4-16(14-21-17)19(25)22-10-8-20(9-11-22)7-6-18(24)23(15-20)12-13-26-2/h4-5,14H,3,6-13,15H2,1-2H3.